The fourth-order valence-electron chi connectivity index (χ4n) is 1.59. The molecule has 1 N–H and O–H groups in total. The largest absolute Gasteiger partial charge is 0.325 e. The van der Waals surface area contributed by atoms with Gasteiger partial charge in [-0.1, -0.05) is 0 Å². The third-order valence-electron chi connectivity index (χ3n) is 2.34. The van der Waals surface area contributed by atoms with Crippen LogP contribution in [0.2, 0.25) is 0 Å². The lowest BCUT2D eigenvalue weighted by atomic mass is 10.1. The smallest absolute Gasteiger partial charge is 0.135 e. The first-order chi connectivity index (χ1) is 7.97. The molecule has 0 bridgehead atoms. The lowest BCUT2D eigenvalue weighted by molar-refractivity contribution is 0.361. The van der Waals surface area contributed by atoms with Crippen molar-refractivity contribution in [3.63, 3.8) is 0 Å². The molecule has 0 aliphatic carbocycles. The quantitative estimate of drug-likeness (QED) is 0.862. The summed E-state index contributed by atoms with van der Waals surface area (Å²) in [4.78, 5) is 8.24. The van der Waals surface area contributed by atoms with Gasteiger partial charge in [0.1, 0.15) is 18.0 Å². The molecule has 0 aliphatic rings. The van der Waals surface area contributed by atoms with Crippen LogP contribution >= 0.6 is 0 Å². The Labute approximate surface area is 101 Å². The molecule has 0 fully saturated rings. The maximum Gasteiger partial charge on any atom is 0.135 e. The van der Waals surface area contributed by atoms with Crippen molar-refractivity contribution < 1.29 is 0 Å². The Morgan fingerprint density at radius 1 is 1.24 bits per heavy atom. The van der Waals surface area contributed by atoms with Crippen LogP contribution in [0.4, 0.5) is 11.6 Å². The van der Waals surface area contributed by atoms with Crippen molar-refractivity contribution >= 4 is 11.6 Å². The van der Waals surface area contributed by atoms with Crippen molar-refractivity contribution in [2.75, 3.05) is 5.32 Å². The first kappa shape index (κ1) is 11.6. The molecule has 0 amide bonds. The second-order valence-corrected chi connectivity index (χ2v) is 4.97. The predicted molar refractivity (Wildman–Crippen MR) is 67.3 cm³/mol. The molecule has 0 spiro atoms. The zero-order valence-corrected chi connectivity index (χ0v) is 10.6. The second-order valence-electron chi connectivity index (χ2n) is 4.97. The molecule has 0 aromatic carbocycles. The summed E-state index contributed by atoms with van der Waals surface area (Å²) in [5.74, 6) is 1.71. The van der Waals surface area contributed by atoms with E-state index in [9.17, 15) is 0 Å². The highest BCUT2D eigenvalue weighted by molar-refractivity contribution is 5.51. The van der Waals surface area contributed by atoms with Crippen molar-refractivity contribution in [3.8, 4) is 0 Å². The third kappa shape index (κ3) is 2.61. The minimum Gasteiger partial charge on any atom is -0.325 e. The van der Waals surface area contributed by atoms with Gasteiger partial charge in [0.25, 0.3) is 0 Å². The van der Waals surface area contributed by atoms with Crippen molar-refractivity contribution in [1.29, 1.82) is 0 Å². The third-order valence-corrected chi connectivity index (χ3v) is 2.34. The highest BCUT2D eigenvalue weighted by Gasteiger charge is 2.17. The van der Waals surface area contributed by atoms with Crippen LogP contribution in [0.5, 0.6) is 0 Å². The SMILES string of the molecule is Cc1cc(Nc2ccnn2C(C)(C)C)ncn1. The van der Waals surface area contributed by atoms with E-state index < -0.39 is 0 Å². The Bertz CT molecular complexity index is 510. The van der Waals surface area contributed by atoms with E-state index in [0.717, 1.165) is 17.3 Å². The van der Waals surface area contributed by atoms with Gasteiger partial charge in [-0.2, -0.15) is 5.10 Å². The molecule has 2 aromatic heterocycles. The topological polar surface area (TPSA) is 55.6 Å². The average Bonchev–Trinajstić information content (AvgIpc) is 2.65. The van der Waals surface area contributed by atoms with Crippen LogP contribution in [-0.2, 0) is 5.54 Å². The summed E-state index contributed by atoms with van der Waals surface area (Å²) >= 11 is 0. The number of nitrogens with one attached hydrogen (secondary N) is 1. The molecular weight excluding hydrogens is 214 g/mol. The minimum atomic E-state index is -0.0616. The Morgan fingerprint density at radius 3 is 2.65 bits per heavy atom. The molecular formula is C12H17N5. The number of nitrogens with zero attached hydrogens (tertiary/aromatic N) is 4. The number of hydrogen-bond acceptors (Lipinski definition) is 4. The zero-order valence-electron chi connectivity index (χ0n) is 10.6. The minimum absolute atomic E-state index is 0.0616. The fraction of sp³-hybridized carbons (Fsp3) is 0.417. The molecule has 17 heavy (non-hydrogen) atoms. The Kier molecular flexibility index (Phi) is 2.83. The predicted octanol–water partition coefficient (Wildman–Crippen LogP) is 2.48. The normalized spacial score (nSPS) is 11.5. The van der Waals surface area contributed by atoms with E-state index in [0.29, 0.717) is 0 Å². The molecule has 0 radical (unpaired) electrons. The molecule has 5 nitrogen and oxygen atoms in total. The molecule has 5 heteroatoms. The number of anilines is 2. The van der Waals surface area contributed by atoms with Crippen molar-refractivity contribution in [3.05, 3.63) is 30.4 Å². The van der Waals surface area contributed by atoms with Crippen LogP contribution in [0.1, 0.15) is 26.5 Å². The number of aromatic nitrogens is 4. The molecule has 2 heterocycles. The van der Waals surface area contributed by atoms with Gasteiger partial charge in [0, 0.05) is 17.8 Å². The van der Waals surface area contributed by atoms with Crippen LogP contribution < -0.4 is 5.32 Å². The lowest BCUT2D eigenvalue weighted by Gasteiger charge is -2.22. The average molecular weight is 231 g/mol. The number of rotatable bonds is 2. The van der Waals surface area contributed by atoms with E-state index in [1.807, 2.05) is 23.7 Å². The van der Waals surface area contributed by atoms with Crippen LogP contribution in [0.15, 0.2) is 24.7 Å². The van der Waals surface area contributed by atoms with Gasteiger partial charge in [-0.15, -0.1) is 0 Å². The molecule has 2 aromatic rings. The molecule has 0 atom stereocenters. The maximum atomic E-state index is 4.32. The van der Waals surface area contributed by atoms with E-state index in [1.165, 1.54) is 0 Å². The number of aryl methyl sites for hydroxylation is 1. The Morgan fingerprint density at radius 2 is 2.00 bits per heavy atom. The summed E-state index contributed by atoms with van der Waals surface area (Å²) in [6.45, 7) is 8.26. The standard InChI is InChI=1S/C12H17N5/c1-9-7-10(14-8-13-9)16-11-5-6-15-17(11)12(2,3)4/h5-8H,1-4H3,(H,13,14,16). The zero-order chi connectivity index (χ0) is 12.5. The van der Waals surface area contributed by atoms with Crippen molar-refractivity contribution in [2.45, 2.75) is 33.2 Å². The summed E-state index contributed by atoms with van der Waals surface area (Å²) in [6.07, 6.45) is 3.33. The van der Waals surface area contributed by atoms with Crippen LogP contribution in [0.3, 0.4) is 0 Å². The summed E-state index contributed by atoms with van der Waals surface area (Å²) in [6, 6.07) is 3.84. The highest BCUT2D eigenvalue weighted by atomic mass is 15.4. The Hall–Kier alpha value is -1.91. The van der Waals surface area contributed by atoms with Gasteiger partial charge in [-0.25, -0.2) is 14.6 Å². The monoisotopic (exact) mass is 231 g/mol. The van der Waals surface area contributed by atoms with Gasteiger partial charge in [0.15, 0.2) is 0 Å². The van der Waals surface area contributed by atoms with Crippen LogP contribution in [0, 0.1) is 6.92 Å². The lowest BCUT2D eigenvalue weighted by Crippen LogP contribution is -2.24. The maximum absolute atomic E-state index is 4.32. The van der Waals surface area contributed by atoms with Crippen LogP contribution in [0.25, 0.3) is 0 Å². The number of hydrogen-bond donors (Lipinski definition) is 1. The van der Waals surface area contributed by atoms with Gasteiger partial charge in [-0.05, 0) is 27.7 Å². The summed E-state index contributed by atoms with van der Waals surface area (Å²) in [5.41, 5.74) is 0.873. The summed E-state index contributed by atoms with van der Waals surface area (Å²) in [7, 11) is 0. The fourth-order valence-corrected chi connectivity index (χ4v) is 1.59. The van der Waals surface area contributed by atoms with Gasteiger partial charge in [-0.3, -0.25) is 0 Å². The van der Waals surface area contributed by atoms with E-state index >= 15 is 0 Å². The molecule has 0 unspecified atom stereocenters. The van der Waals surface area contributed by atoms with E-state index in [1.54, 1.807) is 12.5 Å². The van der Waals surface area contributed by atoms with E-state index in [4.69, 9.17) is 0 Å². The molecule has 0 saturated carbocycles. The highest BCUT2D eigenvalue weighted by Crippen LogP contribution is 2.21. The molecule has 2 rings (SSSR count). The van der Waals surface area contributed by atoms with Crippen molar-refractivity contribution in [2.24, 2.45) is 0 Å². The summed E-state index contributed by atoms with van der Waals surface area (Å²) in [5, 5.41) is 7.57. The molecule has 0 aliphatic heterocycles. The van der Waals surface area contributed by atoms with Gasteiger partial charge >= 0.3 is 0 Å². The van der Waals surface area contributed by atoms with Crippen LogP contribution in [-0.4, -0.2) is 19.7 Å². The van der Waals surface area contributed by atoms with Gasteiger partial charge < -0.3 is 5.32 Å². The molecule has 0 saturated heterocycles. The second kappa shape index (κ2) is 4.16. The first-order valence-corrected chi connectivity index (χ1v) is 5.57. The van der Waals surface area contributed by atoms with Gasteiger partial charge in [0.05, 0.1) is 11.7 Å². The van der Waals surface area contributed by atoms with Crippen molar-refractivity contribution in [1.82, 2.24) is 19.7 Å². The van der Waals surface area contributed by atoms with E-state index in [2.05, 4.69) is 41.2 Å². The van der Waals surface area contributed by atoms with Gasteiger partial charge in [0.2, 0.25) is 0 Å². The first-order valence-electron chi connectivity index (χ1n) is 5.57. The Balaban J connectivity index is 2.28. The van der Waals surface area contributed by atoms with E-state index in [-0.39, 0.29) is 5.54 Å². The molecule has 90 valence electrons. The summed E-state index contributed by atoms with van der Waals surface area (Å²) < 4.78 is 1.93.